The largest absolute Gasteiger partial charge is 0.377 e. The Morgan fingerprint density at radius 1 is 1.50 bits per heavy atom. The summed E-state index contributed by atoms with van der Waals surface area (Å²) in [4.78, 5) is 12.8. The van der Waals surface area contributed by atoms with Gasteiger partial charge in [0.1, 0.15) is 11.4 Å². The van der Waals surface area contributed by atoms with Crippen molar-refractivity contribution in [2.45, 2.75) is 38.3 Å². The van der Waals surface area contributed by atoms with Gasteiger partial charge >= 0.3 is 0 Å². The monoisotopic (exact) mass is 370 g/mol. The summed E-state index contributed by atoms with van der Waals surface area (Å²) in [5.41, 5.74) is 5.11. The number of fused-ring (bicyclic) bond motifs is 1. The Morgan fingerprint density at radius 2 is 2.23 bits per heavy atom. The average molecular weight is 371 g/mol. The molecule has 3 atom stereocenters. The molecule has 1 aromatic carbocycles. The van der Waals surface area contributed by atoms with Crippen LogP contribution in [-0.2, 0) is 9.53 Å². The van der Waals surface area contributed by atoms with E-state index >= 15 is 0 Å². The Hall–Kier alpha value is -0.980. The molecule has 1 amide bonds. The summed E-state index contributed by atoms with van der Waals surface area (Å²) in [5.74, 6) is -0.847. The van der Waals surface area contributed by atoms with Gasteiger partial charge in [-0.3, -0.25) is 4.79 Å². The van der Waals surface area contributed by atoms with Gasteiger partial charge in [-0.15, -0.1) is 0 Å². The van der Waals surface area contributed by atoms with Gasteiger partial charge in [0.2, 0.25) is 5.91 Å². The third-order valence-electron chi connectivity index (χ3n) is 5.24. The predicted molar refractivity (Wildman–Crippen MR) is 85.9 cm³/mol. The maximum atomic E-state index is 13.9. The molecule has 120 valence electrons. The lowest BCUT2D eigenvalue weighted by atomic mass is 9.46. The van der Waals surface area contributed by atoms with E-state index in [9.17, 15) is 9.18 Å². The summed E-state index contributed by atoms with van der Waals surface area (Å²) in [5, 5.41) is 2.65. The van der Waals surface area contributed by atoms with Crippen LogP contribution in [0, 0.1) is 17.2 Å². The highest BCUT2D eigenvalue weighted by Crippen LogP contribution is 2.57. The van der Waals surface area contributed by atoms with Crippen molar-refractivity contribution in [3.63, 3.8) is 0 Å². The lowest BCUT2D eigenvalue weighted by Crippen LogP contribution is -2.81. The zero-order valence-electron chi connectivity index (χ0n) is 12.7. The van der Waals surface area contributed by atoms with E-state index in [1.165, 1.54) is 12.1 Å². The van der Waals surface area contributed by atoms with Crippen LogP contribution in [0.1, 0.15) is 26.7 Å². The van der Waals surface area contributed by atoms with Crippen LogP contribution in [0.15, 0.2) is 22.7 Å². The van der Waals surface area contributed by atoms with Crippen LogP contribution in [0.3, 0.4) is 0 Å². The van der Waals surface area contributed by atoms with E-state index in [2.05, 4.69) is 21.2 Å². The third kappa shape index (κ3) is 2.12. The number of hydrogen-bond acceptors (Lipinski definition) is 3. The first-order chi connectivity index (χ1) is 10.3. The minimum atomic E-state index is -1.04. The quantitative estimate of drug-likeness (QED) is 0.840. The minimum Gasteiger partial charge on any atom is -0.377 e. The molecule has 1 aliphatic carbocycles. The second-order valence-corrected chi connectivity index (χ2v) is 7.62. The standard InChI is InChI=1S/C16H20BrFN2O2/c1-15(2)13-10(4-3-7-22-13)16(15,19)14(21)20-12-6-5-9(17)8-11(12)18/h5-6,8,10,13H,3-4,7,19H2,1-2H3,(H,20,21). The maximum absolute atomic E-state index is 13.9. The van der Waals surface area contributed by atoms with Crippen LogP contribution in [0.2, 0.25) is 0 Å². The highest BCUT2D eigenvalue weighted by atomic mass is 79.9. The van der Waals surface area contributed by atoms with Crippen LogP contribution in [-0.4, -0.2) is 24.2 Å². The van der Waals surface area contributed by atoms with E-state index in [0.29, 0.717) is 11.1 Å². The normalized spacial score (nSPS) is 32.8. The van der Waals surface area contributed by atoms with Crippen molar-refractivity contribution in [1.82, 2.24) is 0 Å². The van der Waals surface area contributed by atoms with Crippen molar-refractivity contribution in [2.75, 3.05) is 11.9 Å². The van der Waals surface area contributed by atoms with Crippen LogP contribution < -0.4 is 11.1 Å². The SMILES string of the molecule is CC1(C)C2OCCCC2C1(N)C(=O)Nc1ccc(Br)cc1F. The summed E-state index contributed by atoms with van der Waals surface area (Å²) in [6, 6.07) is 4.53. The number of rotatable bonds is 2. The molecule has 1 aliphatic heterocycles. The van der Waals surface area contributed by atoms with E-state index in [0.717, 1.165) is 12.8 Å². The highest BCUT2D eigenvalue weighted by molar-refractivity contribution is 9.10. The molecule has 1 saturated carbocycles. The first-order valence-electron chi connectivity index (χ1n) is 7.45. The van der Waals surface area contributed by atoms with E-state index in [4.69, 9.17) is 10.5 Å². The number of carbonyl (C=O) groups is 1. The number of nitrogens with one attached hydrogen (secondary N) is 1. The molecule has 22 heavy (non-hydrogen) atoms. The molecule has 3 rings (SSSR count). The van der Waals surface area contributed by atoms with Gasteiger partial charge in [0, 0.05) is 22.4 Å². The number of amides is 1. The van der Waals surface area contributed by atoms with Crippen molar-refractivity contribution in [3.8, 4) is 0 Å². The minimum absolute atomic E-state index is 0.00763. The number of benzene rings is 1. The van der Waals surface area contributed by atoms with Gasteiger partial charge in [0.05, 0.1) is 11.8 Å². The van der Waals surface area contributed by atoms with Gasteiger partial charge in [0.25, 0.3) is 0 Å². The molecule has 1 heterocycles. The molecule has 0 spiro atoms. The number of hydrogen-bond donors (Lipinski definition) is 2. The smallest absolute Gasteiger partial charge is 0.245 e. The lowest BCUT2D eigenvalue weighted by Gasteiger charge is -2.65. The van der Waals surface area contributed by atoms with Crippen molar-refractivity contribution >= 4 is 27.5 Å². The van der Waals surface area contributed by atoms with Gasteiger partial charge in [-0.25, -0.2) is 4.39 Å². The summed E-state index contributed by atoms with van der Waals surface area (Å²) in [7, 11) is 0. The zero-order valence-corrected chi connectivity index (χ0v) is 14.2. The Bertz CT molecular complexity index is 622. The third-order valence-corrected chi connectivity index (χ3v) is 5.73. The number of ether oxygens (including phenoxy) is 1. The number of nitrogens with two attached hydrogens (primary N) is 1. The Morgan fingerprint density at radius 3 is 2.91 bits per heavy atom. The number of halogens is 2. The fourth-order valence-corrected chi connectivity index (χ4v) is 4.19. The Kier molecular flexibility index (Phi) is 3.82. The molecule has 3 N–H and O–H groups in total. The Balaban J connectivity index is 1.84. The average Bonchev–Trinajstić information content (AvgIpc) is 2.49. The molecule has 2 fully saturated rings. The zero-order chi connectivity index (χ0) is 16.1. The van der Waals surface area contributed by atoms with E-state index in [1.54, 1.807) is 6.07 Å². The van der Waals surface area contributed by atoms with Gasteiger partial charge in [-0.05, 0) is 31.0 Å². The van der Waals surface area contributed by atoms with Crippen LogP contribution in [0.4, 0.5) is 10.1 Å². The molecule has 6 heteroatoms. The molecule has 0 aromatic heterocycles. The molecular weight excluding hydrogens is 351 g/mol. The van der Waals surface area contributed by atoms with Gasteiger partial charge in [0.15, 0.2) is 0 Å². The molecule has 3 unspecified atom stereocenters. The second kappa shape index (κ2) is 5.28. The molecule has 1 saturated heterocycles. The lowest BCUT2D eigenvalue weighted by molar-refractivity contribution is -0.222. The molecular formula is C16H20BrFN2O2. The first kappa shape index (κ1) is 15.9. The fraction of sp³-hybridized carbons (Fsp3) is 0.562. The van der Waals surface area contributed by atoms with Gasteiger partial charge < -0.3 is 15.8 Å². The summed E-state index contributed by atoms with van der Waals surface area (Å²) < 4.78 is 20.3. The summed E-state index contributed by atoms with van der Waals surface area (Å²) in [6.45, 7) is 4.59. The molecule has 1 aromatic rings. The number of anilines is 1. The van der Waals surface area contributed by atoms with Gasteiger partial charge in [-0.2, -0.15) is 0 Å². The topological polar surface area (TPSA) is 64.3 Å². The Labute approximate surface area is 137 Å². The second-order valence-electron chi connectivity index (χ2n) is 6.71. The van der Waals surface area contributed by atoms with Gasteiger partial charge in [-0.1, -0.05) is 29.8 Å². The molecule has 0 bridgehead atoms. The van der Waals surface area contributed by atoms with Crippen LogP contribution >= 0.6 is 15.9 Å². The van der Waals surface area contributed by atoms with E-state index in [-0.39, 0.29) is 23.6 Å². The molecule has 4 nitrogen and oxygen atoms in total. The van der Waals surface area contributed by atoms with Crippen molar-refractivity contribution < 1.29 is 13.9 Å². The highest BCUT2D eigenvalue weighted by Gasteiger charge is 2.70. The van der Waals surface area contributed by atoms with Crippen molar-refractivity contribution in [2.24, 2.45) is 17.1 Å². The maximum Gasteiger partial charge on any atom is 0.245 e. The predicted octanol–water partition coefficient (Wildman–Crippen LogP) is 3.06. The van der Waals surface area contributed by atoms with Crippen molar-refractivity contribution in [3.05, 3.63) is 28.5 Å². The summed E-state index contributed by atoms with van der Waals surface area (Å²) >= 11 is 3.20. The van der Waals surface area contributed by atoms with Crippen LogP contribution in [0.25, 0.3) is 0 Å². The summed E-state index contributed by atoms with van der Waals surface area (Å²) in [6.07, 6.45) is 1.75. The van der Waals surface area contributed by atoms with E-state index in [1.807, 2.05) is 13.8 Å². The van der Waals surface area contributed by atoms with Crippen LogP contribution in [0.5, 0.6) is 0 Å². The first-order valence-corrected chi connectivity index (χ1v) is 8.25. The van der Waals surface area contributed by atoms with E-state index < -0.39 is 16.8 Å². The van der Waals surface area contributed by atoms with Crippen molar-refractivity contribution in [1.29, 1.82) is 0 Å². The fourth-order valence-electron chi connectivity index (χ4n) is 3.85. The number of carbonyl (C=O) groups excluding carboxylic acids is 1. The molecule has 2 aliphatic rings. The molecule has 0 radical (unpaired) electrons.